The number of benzene rings is 1. The molecule has 0 aliphatic carbocycles. The zero-order valence-corrected chi connectivity index (χ0v) is 19.3. The molecule has 1 aliphatic heterocycles. The van der Waals surface area contributed by atoms with Crippen molar-refractivity contribution >= 4 is 27.3 Å². The van der Waals surface area contributed by atoms with Gasteiger partial charge in [0, 0.05) is 19.0 Å². The summed E-state index contributed by atoms with van der Waals surface area (Å²) in [7, 11) is -1.82. The van der Waals surface area contributed by atoms with Crippen molar-refractivity contribution in [1.29, 1.82) is 0 Å². The summed E-state index contributed by atoms with van der Waals surface area (Å²) in [5, 5.41) is 4.97. The SMILES string of the molecule is COc1ccc([C@H](CC(C)C)NC(=O)C2CCN(S(=O)(=O)c3cccs3)CC2)cc1. The zero-order valence-electron chi connectivity index (χ0n) is 17.7. The fraction of sp³-hybridized carbons (Fsp3) is 0.500. The predicted molar refractivity (Wildman–Crippen MR) is 119 cm³/mol. The summed E-state index contributed by atoms with van der Waals surface area (Å²) in [6.07, 6.45) is 1.91. The van der Waals surface area contributed by atoms with E-state index < -0.39 is 10.0 Å². The third-order valence-corrected chi connectivity index (χ3v) is 8.73. The largest absolute Gasteiger partial charge is 0.497 e. The van der Waals surface area contributed by atoms with Gasteiger partial charge in [0.15, 0.2) is 0 Å². The molecule has 1 amide bonds. The molecule has 0 spiro atoms. The van der Waals surface area contributed by atoms with E-state index in [1.54, 1.807) is 24.6 Å². The molecule has 0 saturated carbocycles. The number of methoxy groups -OCH3 is 1. The van der Waals surface area contributed by atoms with Gasteiger partial charge in [0.2, 0.25) is 5.91 Å². The normalized spacial score (nSPS) is 17.1. The number of rotatable bonds is 8. The van der Waals surface area contributed by atoms with Crippen molar-refractivity contribution in [2.45, 2.75) is 43.4 Å². The molecule has 164 valence electrons. The molecular formula is C22H30N2O4S2. The molecule has 1 N–H and O–H groups in total. The first-order valence-electron chi connectivity index (χ1n) is 10.3. The summed E-state index contributed by atoms with van der Waals surface area (Å²) in [4.78, 5) is 13.0. The molecule has 8 heteroatoms. The molecule has 0 unspecified atom stereocenters. The highest BCUT2D eigenvalue weighted by atomic mass is 32.2. The van der Waals surface area contributed by atoms with Crippen LogP contribution in [0.1, 0.15) is 44.7 Å². The van der Waals surface area contributed by atoms with Gasteiger partial charge in [-0.1, -0.05) is 32.0 Å². The van der Waals surface area contributed by atoms with Gasteiger partial charge in [-0.25, -0.2) is 8.42 Å². The van der Waals surface area contributed by atoms with Crippen LogP contribution in [0.2, 0.25) is 0 Å². The highest BCUT2D eigenvalue weighted by Gasteiger charge is 2.33. The monoisotopic (exact) mass is 450 g/mol. The van der Waals surface area contributed by atoms with Gasteiger partial charge in [-0.15, -0.1) is 11.3 Å². The first-order valence-corrected chi connectivity index (χ1v) is 12.6. The Morgan fingerprint density at radius 1 is 1.20 bits per heavy atom. The molecule has 1 fully saturated rings. The topological polar surface area (TPSA) is 75.7 Å². The summed E-state index contributed by atoms with van der Waals surface area (Å²) >= 11 is 1.23. The average Bonchev–Trinajstić information content (AvgIpc) is 3.29. The van der Waals surface area contributed by atoms with Crippen LogP contribution < -0.4 is 10.1 Å². The standard InChI is InChI=1S/C22H30N2O4S2/c1-16(2)15-20(17-6-8-19(28-3)9-7-17)23-22(25)18-10-12-24(13-11-18)30(26,27)21-5-4-14-29-21/h4-9,14,16,18,20H,10-13,15H2,1-3H3,(H,23,25)/t20-/m0/s1. The lowest BCUT2D eigenvalue weighted by molar-refractivity contribution is -0.127. The third kappa shape index (κ3) is 5.42. The number of thiophene rings is 1. The lowest BCUT2D eigenvalue weighted by Gasteiger charge is -2.31. The third-order valence-electron chi connectivity index (χ3n) is 5.46. The van der Waals surface area contributed by atoms with E-state index in [1.807, 2.05) is 24.3 Å². The number of carbonyl (C=O) groups is 1. The van der Waals surface area contributed by atoms with Gasteiger partial charge in [0.1, 0.15) is 9.96 Å². The molecule has 0 radical (unpaired) electrons. The van der Waals surface area contributed by atoms with Crippen LogP contribution in [-0.2, 0) is 14.8 Å². The number of carbonyl (C=O) groups excluding carboxylic acids is 1. The molecule has 30 heavy (non-hydrogen) atoms. The molecule has 2 aromatic rings. The number of hydrogen-bond acceptors (Lipinski definition) is 5. The number of sulfonamides is 1. The highest BCUT2D eigenvalue weighted by molar-refractivity contribution is 7.91. The minimum atomic E-state index is -3.45. The summed E-state index contributed by atoms with van der Waals surface area (Å²) in [6, 6.07) is 11.1. The van der Waals surface area contributed by atoms with E-state index in [-0.39, 0.29) is 17.9 Å². The molecule has 6 nitrogen and oxygen atoms in total. The maximum Gasteiger partial charge on any atom is 0.252 e. The molecule has 1 aromatic heterocycles. The molecule has 1 saturated heterocycles. The highest BCUT2D eigenvalue weighted by Crippen LogP contribution is 2.28. The van der Waals surface area contributed by atoms with Gasteiger partial charge in [-0.2, -0.15) is 4.31 Å². The number of nitrogens with one attached hydrogen (secondary N) is 1. The summed E-state index contributed by atoms with van der Waals surface area (Å²) < 4.78 is 32.5. The van der Waals surface area contributed by atoms with Crippen molar-refractivity contribution in [3.05, 3.63) is 47.3 Å². The quantitative estimate of drug-likeness (QED) is 0.658. The van der Waals surface area contributed by atoms with Crippen molar-refractivity contribution in [2.24, 2.45) is 11.8 Å². The minimum Gasteiger partial charge on any atom is -0.497 e. The minimum absolute atomic E-state index is 0.00430. The van der Waals surface area contributed by atoms with Crippen LogP contribution in [0.4, 0.5) is 0 Å². The fourth-order valence-corrected chi connectivity index (χ4v) is 6.39. The van der Waals surface area contributed by atoms with Crippen molar-refractivity contribution in [2.75, 3.05) is 20.2 Å². The van der Waals surface area contributed by atoms with E-state index in [1.165, 1.54) is 15.6 Å². The van der Waals surface area contributed by atoms with E-state index in [0.717, 1.165) is 17.7 Å². The summed E-state index contributed by atoms with van der Waals surface area (Å²) in [5.74, 6) is 1.04. The van der Waals surface area contributed by atoms with Crippen LogP contribution in [-0.4, -0.2) is 38.8 Å². The average molecular weight is 451 g/mol. The maximum atomic E-state index is 13.0. The van der Waals surface area contributed by atoms with Crippen LogP contribution in [0, 0.1) is 11.8 Å². The lowest BCUT2D eigenvalue weighted by Crippen LogP contribution is -2.43. The van der Waals surface area contributed by atoms with Gasteiger partial charge in [0.25, 0.3) is 10.0 Å². The number of hydrogen-bond donors (Lipinski definition) is 1. The van der Waals surface area contributed by atoms with Gasteiger partial charge in [-0.3, -0.25) is 4.79 Å². The molecular weight excluding hydrogens is 420 g/mol. The molecule has 1 aromatic carbocycles. The molecule has 3 rings (SSSR count). The Labute approximate surface area is 183 Å². The van der Waals surface area contributed by atoms with Crippen LogP contribution in [0.15, 0.2) is 46.0 Å². The molecule has 2 heterocycles. The number of piperidine rings is 1. The second-order valence-corrected chi connectivity index (χ2v) is 11.2. The van der Waals surface area contributed by atoms with Crippen LogP contribution in [0.3, 0.4) is 0 Å². The van der Waals surface area contributed by atoms with Gasteiger partial charge in [-0.05, 0) is 54.3 Å². The second kappa shape index (κ2) is 9.94. The van der Waals surface area contributed by atoms with Gasteiger partial charge < -0.3 is 10.1 Å². The van der Waals surface area contributed by atoms with Gasteiger partial charge >= 0.3 is 0 Å². The Kier molecular flexibility index (Phi) is 7.55. The Morgan fingerprint density at radius 2 is 1.87 bits per heavy atom. The number of ether oxygens (including phenoxy) is 1. The zero-order chi connectivity index (χ0) is 21.7. The van der Waals surface area contributed by atoms with Crippen LogP contribution in [0.5, 0.6) is 5.75 Å². The Morgan fingerprint density at radius 3 is 2.40 bits per heavy atom. The molecule has 1 aliphatic rings. The lowest BCUT2D eigenvalue weighted by atomic mass is 9.93. The van der Waals surface area contributed by atoms with Crippen LogP contribution >= 0.6 is 11.3 Å². The van der Waals surface area contributed by atoms with Crippen molar-refractivity contribution < 1.29 is 17.9 Å². The summed E-state index contributed by atoms with van der Waals surface area (Å²) in [6.45, 7) is 5.01. The van der Waals surface area contributed by atoms with Gasteiger partial charge in [0.05, 0.1) is 13.2 Å². The predicted octanol–water partition coefficient (Wildman–Crippen LogP) is 4.06. The van der Waals surface area contributed by atoms with E-state index in [4.69, 9.17) is 4.74 Å². The Bertz CT molecular complexity index is 917. The van der Waals surface area contributed by atoms with Crippen LogP contribution in [0.25, 0.3) is 0 Å². The fourth-order valence-electron chi connectivity index (χ4n) is 3.77. The van der Waals surface area contributed by atoms with E-state index in [2.05, 4.69) is 19.2 Å². The first-order chi connectivity index (χ1) is 14.3. The number of amides is 1. The second-order valence-electron chi connectivity index (χ2n) is 8.07. The maximum absolute atomic E-state index is 13.0. The van der Waals surface area contributed by atoms with E-state index in [9.17, 15) is 13.2 Å². The first kappa shape index (κ1) is 22.8. The summed E-state index contributed by atoms with van der Waals surface area (Å²) in [5.41, 5.74) is 1.05. The number of nitrogens with zero attached hydrogens (tertiary/aromatic N) is 1. The van der Waals surface area contributed by atoms with Crippen molar-refractivity contribution in [3.8, 4) is 5.75 Å². The van der Waals surface area contributed by atoms with Crippen molar-refractivity contribution in [1.82, 2.24) is 9.62 Å². The van der Waals surface area contributed by atoms with E-state index >= 15 is 0 Å². The smallest absolute Gasteiger partial charge is 0.252 e. The Hall–Kier alpha value is -1.90. The molecule has 0 bridgehead atoms. The molecule has 1 atom stereocenters. The Balaban J connectivity index is 1.62. The van der Waals surface area contributed by atoms with Crippen molar-refractivity contribution in [3.63, 3.8) is 0 Å². The van der Waals surface area contributed by atoms with E-state index in [0.29, 0.717) is 36.1 Å².